The Hall–Kier alpha value is -1.68. The Labute approximate surface area is 114 Å². The molecule has 0 bridgehead atoms. The molecule has 19 heavy (non-hydrogen) atoms. The summed E-state index contributed by atoms with van der Waals surface area (Å²) in [6, 6.07) is 8.79. The highest BCUT2D eigenvalue weighted by atomic mass is 16.5. The number of hydrogen-bond donors (Lipinski definition) is 2. The zero-order valence-electron chi connectivity index (χ0n) is 11.4. The Morgan fingerprint density at radius 2 is 2.32 bits per heavy atom. The highest BCUT2D eigenvalue weighted by Gasteiger charge is 2.28. The molecule has 2 aliphatic rings. The van der Waals surface area contributed by atoms with Crippen LogP contribution in [-0.4, -0.2) is 37.8 Å². The molecule has 4 heteroatoms. The molecule has 1 aromatic rings. The van der Waals surface area contributed by atoms with Gasteiger partial charge in [0.05, 0.1) is 12.7 Å². The van der Waals surface area contributed by atoms with Crippen LogP contribution in [-0.2, 0) is 6.42 Å². The van der Waals surface area contributed by atoms with Gasteiger partial charge in [-0.1, -0.05) is 18.2 Å². The van der Waals surface area contributed by atoms with Crippen LogP contribution in [0.3, 0.4) is 0 Å². The lowest BCUT2D eigenvalue weighted by Crippen LogP contribution is -2.43. The zero-order valence-corrected chi connectivity index (χ0v) is 11.4. The lowest BCUT2D eigenvalue weighted by molar-refractivity contribution is 0.151. The smallest absolute Gasteiger partial charge is 0.122 e. The number of hydrogen-bond acceptors (Lipinski definition) is 4. The molecular formula is C15H21N3O. The van der Waals surface area contributed by atoms with E-state index in [4.69, 9.17) is 4.74 Å². The summed E-state index contributed by atoms with van der Waals surface area (Å²) in [5.41, 5.74) is 2.70. The van der Waals surface area contributed by atoms with Crippen molar-refractivity contribution in [1.29, 1.82) is 0 Å². The van der Waals surface area contributed by atoms with E-state index in [1.54, 1.807) is 0 Å². The third kappa shape index (κ3) is 2.54. The number of rotatable bonds is 4. The maximum Gasteiger partial charge on any atom is 0.122 e. The summed E-state index contributed by atoms with van der Waals surface area (Å²) in [7, 11) is 1.99. The molecule has 0 spiro atoms. The van der Waals surface area contributed by atoms with E-state index >= 15 is 0 Å². The van der Waals surface area contributed by atoms with E-state index in [1.165, 1.54) is 11.3 Å². The Bertz CT molecular complexity index is 472. The highest BCUT2D eigenvalue weighted by Crippen LogP contribution is 2.28. The van der Waals surface area contributed by atoms with Crippen LogP contribution in [0.25, 0.3) is 0 Å². The van der Waals surface area contributed by atoms with Crippen LogP contribution >= 0.6 is 0 Å². The van der Waals surface area contributed by atoms with E-state index < -0.39 is 0 Å². The van der Waals surface area contributed by atoms with Gasteiger partial charge >= 0.3 is 0 Å². The van der Waals surface area contributed by atoms with E-state index in [2.05, 4.69) is 39.9 Å². The Kier molecular flexibility index (Phi) is 3.60. The summed E-state index contributed by atoms with van der Waals surface area (Å²) in [5, 5.41) is 6.54. The van der Waals surface area contributed by atoms with Gasteiger partial charge < -0.3 is 20.3 Å². The number of ether oxygens (including phenoxy) is 1. The minimum atomic E-state index is 0.438. The molecule has 2 N–H and O–H groups in total. The van der Waals surface area contributed by atoms with Gasteiger partial charge in [0.2, 0.25) is 0 Å². The molecule has 1 atom stereocenters. The number of benzene rings is 1. The van der Waals surface area contributed by atoms with Crippen molar-refractivity contribution in [2.75, 3.05) is 26.9 Å². The van der Waals surface area contributed by atoms with Crippen LogP contribution in [0.4, 0.5) is 0 Å². The highest BCUT2D eigenvalue weighted by molar-refractivity contribution is 5.36. The zero-order chi connectivity index (χ0) is 13.1. The molecule has 1 aromatic carbocycles. The van der Waals surface area contributed by atoms with Gasteiger partial charge in [-0.3, -0.25) is 0 Å². The lowest BCUT2D eigenvalue weighted by atomic mass is 10.0. The summed E-state index contributed by atoms with van der Waals surface area (Å²) in [5.74, 6) is 1.05. The van der Waals surface area contributed by atoms with Crippen molar-refractivity contribution in [3.8, 4) is 5.75 Å². The molecular weight excluding hydrogens is 238 g/mol. The molecule has 4 nitrogen and oxygen atoms in total. The second-order valence-electron chi connectivity index (χ2n) is 5.10. The average molecular weight is 259 g/mol. The van der Waals surface area contributed by atoms with Crippen molar-refractivity contribution in [2.24, 2.45) is 0 Å². The Balaban J connectivity index is 1.69. The molecule has 0 aromatic heterocycles. The number of para-hydroxylation sites is 1. The molecule has 0 saturated carbocycles. The summed E-state index contributed by atoms with van der Waals surface area (Å²) in [6.07, 6.45) is 4.26. The topological polar surface area (TPSA) is 36.5 Å². The van der Waals surface area contributed by atoms with Crippen molar-refractivity contribution in [3.05, 3.63) is 41.7 Å². The first-order valence-electron chi connectivity index (χ1n) is 6.93. The van der Waals surface area contributed by atoms with E-state index in [9.17, 15) is 0 Å². The van der Waals surface area contributed by atoms with E-state index in [1.807, 2.05) is 13.1 Å². The number of nitrogens with one attached hydrogen (secondary N) is 2. The minimum Gasteiger partial charge on any atom is -0.491 e. The largest absolute Gasteiger partial charge is 0.491 e. The van der Waals surface area contributed by atoms with E-state index in [-0.39, 0.29) is 0 Å². The fourth-order valence-electron chi connectivity index (χ4n) is 2.79. The van der Waals surface area contributed by atoms with Gasteiger partial charge in [0, 0.05) is 24.9 Å². The number of fused-ring (bicyclic) bond motifs is 1. The monoisotopic (exact) mass is 259 g/mol. The maximum absolute atomic E-state index is 5.89. The summed E-state index contributed by atoms with van der Waals surface area (Å²) in [6.45, 7) is 2.68. The standard InChI is InChI=1S/C15H21N3O/c1-16-7-6-13-9-17-11-18(13)14-8-12-4-2-3-5-15(12)19-10-14/h2-5,9,14,16-17H,6-8,10-11H2,1H3/t14-/m1/s1. The minimum absolute atomic E-state index is 0.438. The summed E-state index contributed by atoms with van der Waals surface area (Å²) in [4.78, 5) is 2.44. The first-order valence-corrected chi connectivity index (χ1v) is 6.93. The fourth-order valence-corrected chi connectivity index (χ4v) is 2.79. The first kappa shape index (κ1) is 12.4. The first-order chi connectivity index (χ1) is 9.38. The molecule has 0 saturated heterocycles. The summed E-state index contributed by atoms with van der Waals surface area (Å²) < 4.78 is 5.89. The molecule has 0 radical (unpaired) electrons. The molecule has 3 rings (SSSR count). The van der Waals surface area contributed by atoms with Crippen LogP contribution in [0.15, 0.2) is 36.2 Å². The van der Waals surface area contributed by atoms with Gasteiger partial charge in [0.25, 0.3) is 0 Å². The molecule has 0 unspecified atom stereocenters. The van der Waals surface area contributed by atoms with Crippen molar-refractivity contribution >= 4 is 0 Å². The van der Waals surface area contributed by atoms with Crippen LogP contribution in [0, 0.1) is 0 Å². The van der Waals surface area contributed by atoms with Gasteiger partial charge in [-0.15, -0.1) is 0 Å². The van der Waals surface area contributed by atoms with Gasteiger partial charge in [0.1, 0.15) is 12.4 Å². The second kappa shape index (κ2) is 5.53. The van der Waals surface area contributed by atoms with Gasteiger partial charge in [-0.25, -0.2) is 0 Å². The maximum atomic E-state index is 5.89. The summed E-state index contributed by atoms with van der Waals surface area (Å²) >= 11 is 0. The second-order valence-corrected chi connectivity index (χ2v) is 5.10. The third-order valence-electron chi connectivity index (χ3n) is 3.83. The fraction of sp³-hybridized carbons (Fsp3) is 0.467. The SMILES string of the molecule is CNCCC1=CNCN1[C@H]1COc2ccccc2C1. The quantitative estimate of drug-likeness (QED) is 0.854. The Morgan fingerprint density at radius 1 is 1.42 bits per heavy atom. The van der Waals surface area contributed by atoms with E-state index in [0.29, 0.717) is 6.04 Å². The molecule has 2 aliphatic heterocycles. The van der Waals surface area contributed by atoms with Crippen molar-refractivity contribution in [2.45, 2.75) is 18.9 Å². The third-order valence-corrected chi connectivity index (χ3v) is 3.83. The molecule has 2 heterocycles. The van der Waals surface area contributed by atoms with Gasteiger partial charge in [-0.05, 0) is 25.1 Å². The van der Waals surface area contributed by atoms with Crippen LogP contribution in [0.5, 0.6) is 5.75 Å². The van der Waals surface area contributed by atoms with Gasteiger partial charge in [0.15, 0.2) is 0 Å². The predicted molar refractivity (Wildman–Crippen MR) is 75.9 cm³/mol. The molecule has 0 amide bonds. The van der Waals surface area contributed by atoms with Crippen molar-refractivity contribution in [3.63, 3.8) is 0 Å². The Morgan fingerprint density at radius 3 is 3.21 bits per heavy atom. The van der Waals surface area contributed by atoms with Crippen LogP contribution in [0.2, 0.25) is 0 Å². The van der Waals surface area contributed by atoms with Crippen LogP contribution in [0.1, 0.15) is 12.0 Å². The molecule has 102 valence electrons. The average Bonchev–Trinajstić information content (AvgIpc) is 2.93. The van der Waals surface area contributed by atoms with Crippen molar-refractivity contribution in [1.82, 2.24) is 15.5 Å². The molecule has 0 fully saturated rings. The normalized spacial score (nSPS) is 21.4. The number of nitrogens with zero attached hydrogens (tertiary/aromatic N) is 1. The van der Waals surface area contributed by atoms with Crippen LogP contribution < -0.4 is 15.4 Å². The van der Waals surface area contributed by atoms with Crippen molar-refractivity contribution < 1.29 is 4.74 Å². The molecule has 0 aliphatic carbocycles. The lowest BCUT2D eigenvalue weighted by Gasteiger charge is -2.34. The van der Waals surface area contributed by atoms with E-state index in [0.717, 1.165) is 38.4 Å². The van der Waals surface area contributed by atoms with Gasteiger partial charge in [-0.2, -0.15) is 0 Å². The predicted octanol–water partition coefficient (Wildman–Crippen LogP) is 1.30.